The molecule has 0 aromatic rings. The average molecular weight is 1510 g/mol. The van der Waals surface area contributed by atoms with Crippen molar-refractivity contribution in [3.8, 4) is 0 Å². The highest BCUT2D eigenvalue weighted by atomic mass is 32.2. The smallest absolute Gasteiger partial charge is 0.333 e. The molecule has 0 aliphatic carbocycles. The van der Waals surface area contributed by atoms with Crippen LogP contribution in [0.5, 0.6) is 0 Å². The summed E-state index contributed by atoms with van der Waals surface area (Å²) >= 11 is 3.36. The lowest BCUT2D eigenvalue weighted by Gasteiger charge is -2.17. The molecule has 8 atom stereocenters. The number of aliphatic carboxylic acids is 2. The van der Waals surface area contributed by atoms with Crippen molar-refractivity contribution in [3.05, 3.63) is 0 Å². The molecule has 0 aromatic carbocycles. The van der Waals surface area contributed by atoms with Crippen LogP contribution in [0.3, 0.4) is 0 Å². The van der Waals surface area contributed by atoms with Gasteiger partial charge < -0.3 is 94.9 Å². The molecule has 0 unspecified atom stereocenters. The molecular weight excluding hydrogens is 1400 g/mol. The fraction of sp³-hybridized carbons (Fsp3) is 0.785. The molecule has 7 saturated heterocycles. The van der Waals surface area contributed by atoms with Gasteiger partial charge in [0.05, 0.1) is 117 Å². The number of unbranched alkanes of at least 4 members (excludes halogenated alkanes) is 9. The first kappa shape index (κ1) is 86.8. The molecule has 7 rings (SSSR count). The molecule has 0 radical (unpaired) electrons. The fourth-order valence-electron chi connectivity index (χ4n) is 11.2. The molecule has 7 aliphatic rings. The zero-order valence-corrected chi connectivity index (χ0v) is 60.0. The molecule has 7 aliphatic heterocycles. The van der Waals surface area contributed by atoms with E-state index in [4.69, 9.17) is 68.4 Å². The number of urea groups is 2. The van der Waals surface area contributed by atoms with E-state index in [0.29, 0.717) is 166 Å². The van der Waals surface area contributed by atoms with Crippen LogP contribution in [0.2, 0.25) is 0 Å². The van der Waals surface area contributed by atoms with Crippen LogP contribution in [-0.4, -0.2) is 260 Å². The Balaban J connectivity index is 0.000000294. The first-order valence-corrected chi connectivity index (χ1v) is 37.4. The lowest BCUT2D eigenvalue weighted by Crippen LogP contribution is -2.40. The number of rotatable bonds is 53. The predicted octanol–water partition coefficient (Wildman–Crippen LogP) is 2.33. The van der Waals surface area contributed by atoms with E-state index >= 15 is 0 Å². The number of ether oxygens (including phenoxy) is 8. The van der Waals surface area contributed by atoms with Crippen molar-refractivity contribution in [3.63, 3.8) is 0 Å². The van der Waals surface area contributed by atoms with Crippen LogP contribution in [0.1, 0.15) is 173 Å². The summed E-state index contributed by atoms with van der Waals surface area (Å²) in [5.74, 6) is -6.49. The summed E-state index contributed by atoms with van der Waals surface area (Å²) in [6.45, 7) is 7.07. The number of nitrogens with two attached hydrogens (primary N) is 1. The van der Waals surface area contributed by atoms with E-state index in [9.17, 15) is 67.1 Å². The number of fused-ring (bicyclic) bond motifs is 2. The minimum atomic E-state index is -0.797. The number of hydrogen-bond acceptors (Lipinski definition) is 28. The number of hydroxylamine groups is 6. The Hall–Kier alpha value is -6.88. The maximum atomic E-state index is 11.9. The van der Waals surface area contributed by atoms with Crippen molar-refractivity contribution in [1.29, 1.82) is 0 Å². The Morgan fingerprint density at radius 3 is 1.01 bits per heavy atom. The number of amides is 11. The van der Waals surface area contributed by atoms with Crippen LogP contribution >= 0.6 is 23.5 Å². The largest absolute Gasteiger partial charge is 0.481 e. The van der Waals surface area contributed by atoms with E-state index in [-0.39, 0.29) is 134 Å². The predicted molar refractivity (Wildman–Crippen MR) is 361 cm³/mol. The maximum absolute atomic E-state index is 11.9. The van der Waals surface area contributed by atoms with Gasteiger partial charge in [0.2, 0.25) is 5.91 Å². The molecule has 9 N–H and O–H groups in total. The Morgan fingerprint density at radius 1 is 0.379 bits per heavy atom. The topological polar surface area (TPSA) is 477 Å². The SMILES string of the molecule is NCCOCCOCCOCCO[C@@H]1S[C@@H](CCCCC(=O)O)[C@H]2NC(=O)N[C@H]21.O=C(CCCCCCCC(=O)ON1C(=O)CCC1=O)ON1C(=O)CCC1=O.O=C(O)CCCC[C@@H]1S[C@@H](OCCOCCOCCOCCNC(=O)CCCCCCC(=O)ON2C(=O)CCC2=O)[C@@H]2NC(=O)N[C@@H]21. The maximum Gasteiger partial charge on any atom is 0.333 e. The highest BCUT2D eigenvalue weighted by Crippen LogP contribution is 2.41. The first-order valence-electron chi connectivity index (χ1n) is 35.5. The van der Waals surface area contributed by atoms with Crippen LogP contribution in [-0.2, 0) is 110 Å². The van der Waals surface area contributed by atoms with Crippen molar-refractivity contribution in [1.82, 2.24) is 41.8 Å². The standard InChI is InChI=1S/C30H48N4O12S.C18H33N3O7S.C17H22N2O8/c35-22(8-3-1-2-4-10-26(40)46-34-23(36)11-12-24(34)37)31-13-14-42-15-16-43-17-18-44-19-20-45-29-28-27(32-30(41)33-28)21(47-29)7-5-6-9-25(38)39;19-5-6-25-7-8-26-9-10-27-11-12-28-17-16-15(20-18(24)21-16)13(29-17)3-1-2-4-14(22)23;20-12-8-9-13(21)18(12)26-16(24)6-4-2-1-3-5-7-17(25)27-19-14(22)10-11-15(19)23/h21,27-29H,1-20H2,(H,31,35)(H,38,39)(H2,32,33,41);13,15-17H,1-12,19H2,(H,22,23)(H2,20,21,24);1-11H2/t21-,27+,28+,29+;13-,15+,16+,17+;/m00./s1. The van der Waals surface area contributed by atoms with Gasteiger partial charge in [0.1, 0.15) is 10.9 Å². The minimum Gasteiger partial charge on any atom is -0.481 e. The molecule has 0 aromatic heterocycles. The van der Waals surface area contributed by atoms with Crippen LogP contribution in [0.15, 0.2) is 0 Å². The van der Waals surface area contributed by atoms with Gasteiger partial charge in [0.15, 0.2) is 0 Å². The first-order chi connectivity index (χ1) is 49.7. The summed E-state index contributed by atoms with van der Waals surface area (Å²) in [6, 6.07) is -0.597. The normalized spacial score (nSPS) is 21.7. The number of hydrogen-bond donors (Lipinski definition) is 8. The zero-order chi connectivity index (χ0) is 74.6. The van der Waals surface area contributed by atoms with Crippen molar-refractivity contribution >= 4 is 107 Å². The lowest BCUT2D eigenvalue weighted by molar-refractivity contribution is -0.197. The van der Waals surface area contributed by atoms with Gasteiger partial charge in [-0.2, -0.15) is 0 Å². The monoisotopic (exact) mass is 1510 g/mol. The van der Waals surface area contributed by atoms with Crippen LogP contribution < -0.4 is 32.3 Å². The second kappa shape index (κ2) is 50.5. The van der Waals surface area contributed by atoms with Crippen LogP contribution in [0.25, 0.3) is 0 Å². The molecule has 0 bridgehead atoms. The second-order valence-electron chi connectivity index (χ2n) is 24.6. The Bertz CT molecular complexity index is 2640. The summed E-state index contributed by atoms with van der Waals surface area (Å²) in [5, 5.41) is 34.1. The number of imide groups is 3. The van der Waals surface area contributed by atoms with E-state index in [1.807, 2.05) is 0 Å². The fourth-order valence-corrected chi connectivity index (χ4v) is 14.5. The molecule has 7 heterocycles. The van der Waals surface area contributed by atoms with Crippen LogP contribution in [0.4, 0.5) is 9.59 Å². The molecular formula is C65H103N9O27S2. The van der Waals surface area contributed by atoms with Crippen molar-refractivity contribution in [2.24, 2.45) is 5.73 Å². The third-order valence-corrected chi connectivity index (χ3v) is 19.6. The van der Waals surface area contributed by atoms with Gasteiger partial charge in [0, 0.05) is 101 Å². The van der Waals surface area contributed by atoms with Gasteiger partial charge in [-0.25, -0.2) is 24.0 Å². The second-order valence-corrected chi connectivity index (χ2v) is 27.3. The molecule has 11 amide bonds. The molecule has 36 nitrogen and oxygen atoms in total. The van der Waals surface area contributed by atoms with Gasteiger partial charge in [-0.15, -0.1) is 38.7 Å². The van der Waals surface area contributed by atoms with E-state index < -0.39 is 65.3 Å². The van der Waals surface area contributed by atoms with Gasteiger partial charge in [-0.3, -0.25) is 43.2 Å². The van der Waals surface area contributed by atoms with Crippen LogP contribution in [0, 0.1) is 0 Å². The third-order valence-electron chi connectivity index (χ3n) is 16.5. The van der Waals surface area contributed by atoms with Gasteiger partial charge >= 0.3 is 41.9 Å². The average Bonchev–Trinajstić information content (AvgIpc) is 1.64. The third kappa shape index (κ3) is 34.7. The van der Waals surface area contributed by atoms with Crippen molar-refractivity contribution in [2.75, 3.05) is 106 Å². The highest BCUT2D eigenvalue weighted by molar-refractivity contribution is 8.01. The lowest BCUT2D eigenvalue weighted by atomic mass is 10.0. The Labute approximate surface area is 606 Å². The van der Waals surface area contributed by atoms with Gasteiger partial charge in [-0.05, 0) is 51.4 Å². The summed E-state index contributed by atoms with van der Waals surface area (Å²) in [5.41, 5.74) is 4.99. The summed E-state index contributed by atoms with van der Waals surface area (Å²) in [7, 11) is 0. The quantitative estimate of drug-likeness (QED) is 0.0246. The molecule has 103 heavy (non-hydrogen) atoms. The van der Waals surface area contributed by atoms with Crippen molar-refractivity contribution in [2.45, 2.75) is 219 Å². The van der Waals surface area contributed by atoms with Gasteiger partial charge in [0.25, 0.3) is 35.4 Å². The number of carbonyl (C=O) groups is 14. The minimum absolute atomic E-state index is 0.0122. The van der Waals surface area contributed by atoms with E-state index in [1.165, 1.54) is 0 Å². The van der Waals surface area contributed by atoms with E-state index in [1.54, 1.807) is 23.5 Å². The Morgan fingerprint density at radius 2 is 0.670 bits per heavy atom. The zero-order valence-electron chi connectivity index (χ0n) is 58.4. The van der Waals surface area contributed by atoms with E-state index in [0.717, 1.165) is 57.8 Å². The number of carboxylic acid groups (broad SMARTS) is 2. The highest BCUT2D eigenvalue weighted by Gasteiger charge is 2.51. The molecule has 582 valence electrons. The number of thioether (sulfide) groups is 2. The molecule has 7 fully saturated rings. The molecule has 0 spiro atoms. The number of carbonyl (C=O) groups excluding carboxylic acids is 12. The van der Waals surface area contributed by atoms with Gasteiger partial charge in [-0.1, -0.05) is 44.9 Å². The number of nitrogens with one attached hydrogen (secondary N) is 5. The summed E-state index contributed by atoms with van der Waals surface area (Å²) in [4.78, 5) is 174. The summed E-state index contributed by atoms with van der Waals surface area (Å²) in [6.07, 6.45) is 11.9. The number of carboxylic acids is 2. The molecule has 0 saturated carbocycles. The van der Waals surface area contributed by atoms with E-state index in [2.05, 4.69) is 26.6 Å². The number of nitrogens with zero attached hydrogens (tertiary/aromatic N) is 3. The summed E-state index contributed by atoms with van der Waals surface area (Å²) < 4.78 is 44.5. The molecule has 38 heteroatoms. The van der Waals surface area contributed by atoms with Crippen molar-refractivity contribution < 1.29 is 130 Å². The Kier molecular flexibility index (Phi) is 42.6.